The smallest absolute Gasteiger partial charge is 0.221 e. The number of amides is 2. The second kappa shape index (κ2) is 9.56. The van der Waals surface area contributed by atoms with Crippen molar-refractivity contribution in [2.45, 2.75) is 18.9 Å². The van der Waals surface area contributed by atoms with Crippen LogP contribution in [-0.4, -0.2) is 49.5 Å². The minimum absolute atomic E-state index is 0. The van der Waals surface area contributed by atoms with Gasteiger partial charge in [-0.3, -0.25) is 9.59 Å². The van der Waals surface area contributed by atoms with Gasteiger partial charge < -0.3 is 16.0 Å². The average Bonchev–Trinajstić information content (AvgIpc) is 2.30. The Bertz CT molecular complexity index is 248. The standard InChI is InChI=1S/C10H19N3O2S.ClH/c1-11-9(14)2-3-13-10(15)6-8-7-16-5-4-12-8;/h8,12H,2-7H2,1H3,(H,11,14)(H,13,15);1H. The van der Waals surface area contributed by atoms with Gasteiger partial charge in [-0.15, -0.1) is 12.4 Å². The maximum atomic E-state index is 11.5. The molecule has 7 heteroatoms. The van der Waals surface area contributed by atoms with Gasteiger partial charge in [0.1, 0.15) is 0 Å². The van der Waals surface area contributed by atoms with Gasteiger partial charge in [0, 0.05) is 50.5 Å². The van der Waals surface area contributed by atoms with E-state index in [1.165, 1.54) is 0 Å². The predicted molar refractivity (Wildman–Crippen MR) is 72.7 cm³/mol. The van der Waals surface area contributed by atoms with Gasteiger partial charge in [-0.1, -0.05) is 0 Å². The molecule has 1 saturated heterocycles. The number of hydrogen-bond donors (Lipinski definition) is 3. The molecule has 0 aliphatic carbocycles. The van der Waals surface area contributed by atoms with Crippen LogP contribution in [0.5, 0.6) is 0 Å². The quantitative estimate of drug-likeness (QED) is 0.650. The van der Waals surface area contributed by atoms with E-state index in [0.29, 0.717) is 19.4 Å². The third-order valence-corrected chi connectivity index (χ3v) is 3.51. The highest BCUT2D eigenvalue weighted by atomic mass is 35.5. The van der Waals surface area contributed by atoms with E-state index in [2.05, 4.69) is 16.0 Å². The molecule has 100 valence electrons. The van der Waals surface area contributed by atoms with E-state index >= 15 is 0 Å². The number of halogens is 1. The fourth-order valence-electron chi connectivity index (χ4n) is 1.49. The summed E-state index contributed by atoms with van der Waals surface area (Å²) < 4.78 is 0. The van der Waals surface area contributed by atoms with Crippen LogP contribution in [-0.2, 0) is 9.59 Å². The molecule has 1 unspecified atom stereocenters. The third kappa shape index (κ3) is 7.46. The topological polar surface area (TPSA) is 70.2 Å². The molecule has 0 aromatic carbocycles. The van der Waals surface area contributed by atoms with Crippen LogP contribution < -0.4 is 16.0 Å². The largest absolute Gasteiger partial charge is 0.359 e. The summed E-state index contributed by atoms with van der Waals surface area (Å²) in [5.74, 6) is 2.08. The zero-order valence-electron chi connectivity index (χ0n) is 9.95. The van der Waals surface area contributed by atoms with E-state index in [1.807, 2.05) is 11.8 Å². The molecule has 1 fully saturated rings. The summed E-state index contributed by atoms with van der Waals surface area (Å²) in [6.07, 6.45) is 0.843. The Labute approximate surface area is 112 Å². The second-order valence-corrected chi connectivity index (χ2v) is 4.85. The van der Waals surface area contributed by atoms with Crippen molar-refractivity contribution in [2.75, 3.05) is 31.6 Å². The highest BCUT2D eigenvalue weighted by Crippen LogP contribution is 2.09. The van der Waals surface area contributed by atoms with Gasteiger partial charge in [0.25, 0.3) is 0 Å². The molecule has 0 saturated carbocycles. The van der Waals surface area contributed by atoms with Crippen LogP contribution in [0.2, 0.25) is 0 Å². The van der Waals surface area contributed by atoms with Crippen LogP contribution in [0.25, 0.3) is 0 Å². The van der Waals surface area contributed by atoms with Gasteiger partial charge in [0.15, 0.2) is 0 Å². The van der Waals surface area contributed by atoms with Crippen molar-refractivity contribution in [3.63, 3.8) is 0 Å². The summed E-state index contributed by atoms with van der Waals surface area (Å²) >= 11 is 1.87. The summed E-state index contributed by atoms with van der Waals surface area (Å²) in [6.45, 7) is 1.39. The lowest BCUT2D eigenvalue weighted by Gasteiger charge is -2.22. The van der Waals surface area contributed by atoms with E-state index in [0.717, 1.165) is 18.1 Å². The van der Waals surface area contributed by atoms with Crippen molar-refractivity contribution in [1.82, 2.24) is 16.0 Å². The lowest BCUT2D eigenvalue weighted by molar-refractivity contribution is -0.122. The summed E-state index contributed by atoms with van der Waals surface area (Å²) in [5, 5.41) is 8.56. The molecule has 1 atom stereocenters. The molecule has 5 nitrogen and oxygen atoms in total. The third-order valence-electron chi connectivity index (χ3n) is 2.38. The Morgan fingerprint density at radius 3 is 2.76 bits per heavy atom. The Morgan fingerprint density at radius 2 is 2.18 bits per heavy atom. The van der Waals surface area contributed by atoms with Crippen LogP contribution in [0.3, 0.4) is 0 Å². The average molecular weight is 282 g/mol. The maximum absolute atomic E-state index is 11.5. The fourth-order valence-corrected chi connectivity index (χ4v) is 2.44. The fraction of sp³-hybridized carbons (Fsp3) is 0.800. The zero-order valence-corrected chi connectivity index (χ0v) is 11.6. The number of carbonyl (C=O) groups is 2. The minimum atomic E-state index is -0.0494. The SMILES string of the molecule is CNC(=O)CCNC(=O)CC1CSCCN1.Cl. The molecule has 1 heterocycles. The molecule has 2 amide bonds. The highest BCUT2D eigenvalue weighted by molar-refractivity contribution is 7.99. The van der Waals surface area contributed by atoms with E-state index < -0.39 is 0 Å². The van der Waals surface area contributed by atoms with Gasteiger partial charge in [-0.05, 0) is 0 Å². The van der Waals surface area contributed by atoms with Crippen LogP contribution in [0, 0.1) is 0 Å². The first kappa shape index (κ1) is 16.5. The van der Waals surface area contributed by atoms with Crippen molar-refractivity contribution >= 4 is 36.0 Å². The lowest BCUT2D eigenvalue weighted by atomic mass is 10.2. The van der Waals surface area contributed by atoms with E-state index in [9.17, 15) is 9.59 Å². The number of carbonyl (C=O) groups excluding carboxylic acids is 2. The van der Waals surface area contributed by atoms with Gasteiger partial charge in [0.2, 0.25) is 11.8 Å². The monoisotopic (exact) mass is 281 g/mol. The number of hydrogen-bond acceptors (Lipinski definition) is 4. The molecule has 1 aliphatic rings. The predicted octanol–water partition coefficient (Wildman–Crippen LogP) is -0.244. The molecule has 0 aromatic heterocycles. The van der Waals surface area contributed by atoms with Crippen molar-refractivity contribution in [3.8, 4) is 0 Å². The van der Waals surface area contributed by atoms with Crippen LogP contribution in [0.1, 0.15) is 12.8 Å². The molecule has 0 bridgehead atoms. The molecule has 1 rings (SSSR count). The number of thioether (sulfide) groups is 1. The number of nitrogens with one attached hydrogen (secondary N) is 3. The van der Waals surface area contributed by atoms with Crippen LogP contribution in [0.15, 0.2) is 0 Å². The number of rotatable bonds is 5. The van der Waals surface area contributed by atoms with E-state index in [1.54, 1.807) is 7.05 Å². The Balaban J connectivity index is 0.00000256. The molecule has 0 spiro atoms. The molecule has 0 radical (unpaired) electrons. The van der Waals surface area contributed by atoms with Gasteiger partial charge in [-0.2, -0.15) is 11.8 Å². The van der Waals surface area contributed by atoms with Gasteiger partial charge >= 0.3 is 0 Å². The van der Waals surface area contributed by atoms with Crippen molar-refractivity contribution in [3.05, 3.63) is 0 Å². The molecular weight excluding hydrogens is 262 g/mol. The Hall–Kier alpha value is -0.460. The summed E-state index contributed by atoms with van der Waals surface area (Å²) in [7, 11) is 1.59. The van der Waals surface area contributed by atoms with E-state index in [4.69, 9.17) is 0 Å². The summed E-state index contributed by atoms with van der Waals surface area (Å²) in [6, 6.07) is 0.277. The zero-order chi connectivity index (χ0) is 11.8. The Kier molecular flexibility index (Phi) is 9.30. The molecule has 3 N–H and O–H groups in total. The highest BCUT2D eigenvalue weighted by Gasteiger charge is 2.16. The molecule has 17 heavy (non-hydrogen) atoms. The first-order chi connectivity index (χ1) is 7.72. The lowest BCUT2D eigenvalue weighted by Crippen LogP contribution is -2.41. The van der Waals surface area contributed by atoms with Gasteiger partial charge in [-0.25, -0.2) is 0 Å². The van der Waals surface area contributed by atoms with Crippen molar-refractivity contribution < 1.29 is 9.59 Å². The molecular formula is C10H20ClN3O2S. The van der Waals surface area contributed by atoms with Crippen molar-refractivity contribution in [1.29, 1.82) is 0 Å². The van der Waals surface area contributed by atoms with E-state index in [-0.39, 0.29) is 30.3 Å². The van der Waals surface area contributed by atoms with Crippen molar-refractivity contribution in [2.24, 2.45) is 0 Å². The normalized spacial score (nSPS) is 19.0. The molecule has 0 aromatic rings. The first-order valence-corrected chi connectivity index (χ1v) is 6.66. The van der Waals surface area contributed by atoms with Crippen LogP contribution in [0.4, 0.5) is 0 Å². The Morgan fingerprint density at radius 1 is 1.41 bits per heavy atom. The maximum Gasteiger partial charge on any atom is 0.221 e. The summed E-state index contributed by atoms with van der Waals surface area (Å²) in [5.41, 5.74) is 0. The summed E-state index contributed by atoms with van der Waals surface area (Å²) in [4.78, 5) is 22.4. The van der Waals surface area contributed by atoms with Crippen LogP contribution >= 0.6 is 24.2 Å². The van der Waals surface area contributed by atoms with Gasteiger partial charge in [0.05, 0.1) is 0 Å². The minimum Gasteiger partial charge on any atom is -0.359 e. The first-order valence-electron chi connectivity index (χ1n) is 5.50. The second-order valence-electron chi connectivity index (χ2n) is 3.70. The molecule has 1 aliphatic heterocycles.